The molecule has 0 aliphatic heterocycles. The molecule has 0 fully saturated rings. The lowest BCUT2D eigenvalue weighted by Crippen LogP contribution is -2.00. The van der Waals surface area contributed by atoms with Crippen molar-refractivity contribution in [2.75, 3.05) is 20.1 Å². The maximum atomic E-state index is 11.0. The van der Waals surface area contributed by atoms with Crippen LogP contribution in [-0.2, 0) is 9.47 Å². The van der Waals surface area contributed by atoms with Crippen LogP contribution in [-0.4, -0.2) is 26.2 Å². The number of halogens is 1. The first-order valence-corrected chi connectivity index (χ1v) is 7.06. The van der Waals surface area contributed by atoms with Crippen molar-refractivity contribution >= 4 is 0 Å². The van der Waals surface area contributed by atoms with Gasteiger partial charge in [0.25, 0.3) is 0 Å². The molecule has 0 bridgehead atoms. The van der Waals surface area contributed by atoms with Crippen LogP contribution >= 0.6 is 0 Å². The van der Waals surface area contributed by atoms with Crippen LogP contribution in [0.4, 0.5) is 4.39 Å². The van der Waals surface area contributed by atoms with Crippen molar-refractivity contribution in [3.05, 3.63) is 0 Å². The summed E-state index contributed by atoms with van der Waals surface area (Å²) in [5, 5.41) is 0. The Morgan fingerprint density at radius 1 is 0.895 bits per heavy atom. The van der Waals surface area contributed by atoms with Crippen LogP contribution in [0.5, 0.6) is 0 Å². The third-order valence-electron chi connectivity index (χ3n) is 1.87. The van der Waals surface area contributed by atoms with Crippen LogP contribution in [0.2, 0.25) is 0 Å². The van der Waals surface area contributed by atoms with Crippen molar-refractivity contribution in [1.29, 1.82) is 0 Å². The Bertz CT molecular complexity index is 126. The Morgan fingerprint density at radius 2 is 1.32 bits per heavy atom. The van der Waals surface area contributed by atoms with E-state index in [4.69, 9.17) is 4.74 Å². The molecule has 0 atom stereocenters. The molecular formula is C16H39FO2. The highest BCUT2D eigenvalue weighted by Crippen LogP contribution is 1.94. The van der Waals surface area contributed by atoms with Crippen LogP contribution in [0, 0.1) is 11.8 Å². The van der Waals surface area contributed by atoms with Gasteiger partial charge in [-0.1, -0.05) is 48.5 Å². The zero-order valence-electron chi connectivity index (χ0n) is 13.8. The lowest BCUT2D eigenvalue weighted by molar-refractivity contribution is 0.0152. The van der Waals surface area contributed by atoms with Gasteiger partial charge in [-0.15, -0.1) is 0 Å². The largest absolute Gasteiger partial charge is 0.381 e. The van der Waals surface area contributed by atoms with Gasteiger partial charge >= 0.3 is 0 Å². The molecule has 2 nitrogen and oxygen atoms in total. The summed E-state index contributed by atoms with van der Waals surface area (Å²) in [6.45, 7) is 17.6. The van der Waals surface area contributed by atoms with Crippen LogP contribution < -0.4 is 0 Å². The monoisotopic (exact) mass is 281 g/mol. The number of alkyl halides is 1. The predicted molar refractivity (Wildman–Crippen MR) is 85.4 cm³/mol. The normalized spacial score (nSPS) is 9.47. The second-order valence-electron chi connectivity index (χ2n) is 5.18. The molecule has 19 heavy (non-hydrogen) atoms. The molecule has 0 saturated heterocycles. The van der Waals surface area contributed by atoms with Gasteiger partial charge in [0.1, 0.15) is 0 Å². The van der Waals surface area contributed by atoms with Gasteiger partial charge in [-0.2, -0.15) is 0 Å². The van der Waals surface area contributed by atoms with E-state index in [0.29, 0.717) is 5.92 Å². The first kappa shape index (κ1) is 27.2. The molecule has 0 spiro atoms. The minimum Gasteiger partial charge on any atom is -0.381 e. The number of hydrogen-bond donors (Lipinski definition) is 0. The van der Waals surface area contributed by atoms with E-state index >= 15 is 0 Å². The van der Waals surface area contributed by atoms with Crippen molar-refractivity contribution in [3.8, 4) is 0 Å². The Hall–Kier alpha value is -0.150. The minimum absolute atomic E-state index is 0. The van der Waals surface area contributed by atoms with Crippen molar-refractivity contribution in [1.82, 2.24) is 0 Å². The van der Waals surface area contributed by atoms with Gasteiger partial charge in [0.05, 0.1) is 6.10 Å². The van der Waals surface area contributed by atoms with Gasteiger partial charge in [-0.05, 0) is 32.6 Å². The van der Waals surface area contributed by atoms with E-state index in [1.165, 1.54) is 6.42 Å². The fraction of sp³-hybridized carbons (Fsp3) is 1.00. The molecule has 0 N–H and O–H groups in total. The molecule has 122 valence electrons. The molecule has 0 amide bonds. The molecule has 0 heterocycles. The first-order chi connectivity index (χ1) is 8.31. The van der Waals surface area contributed by atoms with Gasteiger partial charge in [0, 0.05) is 13.2 Å². The summed E-state index contributed by atoms with van der Waals surface area (Å²) in [6, 6.07) is 0. The maximum Gasteiger partial charge on any atom is 0.188 e. The molecule has 3 heteroatoms. The fourth-order valence-corrected chi connectivity index (χ4v) is 0.480. The fourth-order valence-electron chi connectivity index (χ4n) is 0.480. The molecule has 0 aliphatic carbocycles. The first-order valence-electron chi connectivity index (χ1n) is 7.06. The highest BCUT2D eigenvalue weighted by Gasteiger charge is 1.88. The number of hydrogen-bond acceptors (Lipinski definition) is 2. The molecule has 0 rings (SSSR count). The standard InChI is InChI=1S/C6H14O.C5H12.C4H9FO.CH4/c1-4-7-5-6(2)3;1-4-5(2)3;1-4(2)6-3-5;/h6H,4-5H2,1-3H3;5H,4H2,1-3H3;4H,3H2,1-2H3;1H4/i;;5-1;. The molecule has 0 saturated carbocycles. The topological polar surface area (TPSA) is 18.5 Å². The summed E-state index contributed by atoms with van der Waals surface area (Å²) < 4.78 is 20.5. The molecule has 0 aromatic carbocycles. The van der Waals surface area contributed by atoms with E-state index in [0.717, 1.165) is 19.1 Å². The summed E-state index contributed by atoms with van der Waals surface area (Å²) in [4.78, 5) is 0. The van der Waals surface area contributed by atoms with Crippen molar-refractivity contribution in [2.45, 2.75) is 75.3 Å². The molecule has 0 unspecified atom stereocenters. The average Bonchev–Trinajstić information content (AvgIpc) is 2.27. The summed E-state index contributed by atoms with van der Waals surface area (Å²) in [5.74, 6) is 1.56. The van der Waals surface area contributed by atoms with E-state index < -0.39 is 6.86 Å². The van der Waals surface area contributed by atoms with Crippen LogP contribution in [0.3, 0.4) is 0 Å². The Kier molecular flexibility index (Phi) is 32.9. The van der Waals surface area contributed by atoms with Gasteiger partial charge in [0.2, 0.25) is 0 Å². The van der Waals surface area contributed by atoms with Gasteiger partial charge in [0.15, 0.2) is 6.86 Å². The average molecular weight is 281 g/mol. The Morgan fingerprint density at radius 3 is 1.37 bits per heavy atom. The third-order valence-corrected chi connectivity index (χ3v) is 1.87. The zero-order chi connectivity index (χ0) is 15.0. The Labute approximate surface area is 122 Å². The van der Waals surface area contributed by atoms with E-state index in [-0.39, 0.29) is 13.5 Å². The molecular weight excluding hydrogens is 242 g/mol. The van der Waals surface area contributed by atoms with Gasteiger partial charge < -0.3 is 9.47 Å². The highest BCUT2D eigenvalue weighted by molar-refractivity contribution is 4.36. The molecule has 0 aromatic rings. The van der Waals surface area contributed by atoms with Gasteiger partial charge in [-0.25, -0.2) is 4.39 Å². The second-order valence-corrected chi connectivity index (χ2v) is 5.18. The predicted octanol–water partition coefficient (Wildman–Crippen LogP) is 5.71. The highest BCUT2D eigenvalue weighted by atomic mass is 18.2. The Balaban J connectivity index is -0.0000000878. The smallest absolute Gasteiger partial charge is 0.188 e. The minimum atomic E-state index is -0.669. The summed E-state index contributed by atoms with van der Waals surface area (Å²) >= 11 is 0. The van der Waals surface area contributed by atoms with Crippen molar-refractivity contribution < 1.29 is 13.9 Å². The van der Waals surface area contributed by atoms with E-state index in [1.54, 1.807) is 13.8 Å². The van der Waals surface area contributed by atoms with Crippen LogP contribution in [0.15, 0.2) is 0 Å². The van der Waals surface area contributed by atoms with Gasteiger partial charge in [-0.3, -0.25) is 0 Å². The lowest BCUT2D eigenvalue weighted by atomic mass is 10.2. The van der Waals surface area contributed by atoms with Crippen molar-refractivity contribution in [3.63, 3.8) is 0 Å². The number of ether oxygens (including phenoxy) is 2. The SMILES string of the molecule is C.CC(C)OC[18F].CCC(C)C.CCOCC(C)C. The molecule has 0 aromatic heterocycles. The summed E-state index contributed by atoms with van der Waals surface area (Å²) in [5.41, 5.74) is 0. The zero-order valence-corrected chi connectivity index (χ0v) is 13.8. The molecule has 0 aliphatic rings. The van der Waals surface area contributed by atoms with E-state index in [2.05, 4.69) is 39.4 Å². The van der Waals surface area contributed by atoms with Crippen LogP contribution in [0.25, 0.3) is 0 Å². The summed E-state index contributed by atoms with van der Waals surface area (Å²) in [7, 11) is 0. The quantitative estimate of drug-likeness (QED) is 0.621. The van der Waals surface area contributed by atoms with Crippen LogP contribution in [0.1, 0.15) is 69.2 Å². The van der Waals surface area contributed by atoms with E-state index in [9.17, 15) is 4.39 Å². The summed E-state index contributed by atoms with van der Waals surface area (Å²) in [6.07, 6.45) is 1.33. The maximum absolute atomic E-state index is 11.0. The second kappa shape index (κ2) is 23.0. The van der Waals surface area contributed by atoms with E-state index in [1.807, 2.05) is 6.92 Å². The number of rotatable bonds is 6. The third kappa shape index (κ3) is 57.3. The van der Waals surface area contributed by atoms with Crippen molar-refractivity contribution in [2.24, 2.45) is 11.8 Å². The molecule has 0 radical (unpaired) electrons. The lowest BCUT2D eigenvalue weighted by Gasteiger charge is -2.01.